The van der Waals surface area contributed by atoms with Gasteiger partial charge in [0.15, 0.2) is 9.84 Å². The van der Waals surface area contributed by atoms with Gasteiger partial charge in [-0.1, -0.05) is 42.5 Å². The van der Waals surface area contributed by atoms with E-state index in [-0.39, 0.29) is 36.1 Å². The maximum absolute atomic E-state index is 12.9. The minimum atomic E-state index is -3.69. The summed E-state index contributed by atoms with van der Waals surface area (Å²) >= 11 is 0. The third-order valence-electron chi connectivity index (χ3n) is 3.86. The molecule has 0 unspecified atom stereocenters. The highest BCUT2D eigenvalue weighted by Gasteiger charge is 2.23. The molecule has 2 N–H and O–H groups in total. The Morgan fingerprint density at radius 3 is 1.96 bits per heavy atom. The number of nitrogens with zero attached hydrogens (tertiary/aromatic N) is 1. The molecule has 0 saturated heterocycles. The summed E-state index contributed by atoms with van der Waals surface area (Å²) in [6, 6.07) is 15.6. The molecule has 2 aromatic rings. The van der Waals surface area contributed by atoms with Gasteiger partial charge >= 0.3 is 0 Å². The summed E-state index contributed by atoms with van der Waals surface area (Å²) in [4.78, 5) is 0.135. The predicted molar refractivity (Wildman–Crippen MR) is 110 cm³/mol. The van der Waals surface area contributed by atoms with Gasteiger partial charge in [0.25, 0.3) is 0 Å². The second-order valence-corrected chi connectivity index (χ2v) is 10.2. The van der Waals surface area contributed by atoms with Crippen LogP contribution in [0.4, 0.5) is 0 Å². The minimum absolute atomic E-state index is 0. The van der Waals surface area contributed by atoms with Crippen molar-refractivity contribution in [3.63, 3.8) is 0 Å². The molecule has 27 heavy (non-hydrogen) atoms. The molecule has 0 spiro atoms. The zero-order valence-corrected chi connectivity index (χ0v) is 17.6. The maximum Gasteiger partial charge on any atom is 0.243 e. The van der Waals surface area contributed by atoms with Crippen LogP contribution in [0.25, 0.3) is 0 Å². The summed E-state index contributed by atoms with van der Waals surface area (Å²) in [5.74, 6) is -0.117. The predicted octanol–water partition coefficient (Wildman–Crippen LogP) is 1.85. The second kappa shape index (κ2) is 10.2. The van der Waals surface area contributed by atoms with Crippen molar-refractivity contribution < 1.29 is 16.8 Å². The summed E-state index contributed by atoms with van der Waals surface area (Å²) in [6.07, 6.45) is 1.73. The molecule has 0 atom stereocenters. The van der Waals surface area contributed by atoms with E-state index < -0.39 is 19.9 Å². The normalized spacial score (nSPS) is 12.0. The van der Waals surface area contributed by atoms with E-state index in [9.17, 15) is 16.8 Å². The highest BCUT2D eigenvalue weighted by molar-refractivity contribution is 7.90. The number of sulfonamides is 1. The van der Waals surface area contributed by atoms with E-state index in [4.69, 9.17) is 5.73 Å². The van der Waals surface area contributed by atoms with E-state index in [2.05, 4.69) is 0 Å². The first kappa shape index (κ1) is 23.6. The number of benzene rings is 2. The van der Waals surface area contributed by atoms with E-state index in [1.807, 2.05) is 30.3 Å². The number of halogens is 1. The summed E-state index contributed by atoms with van der Waals surface area (Å²) in [7, 11) is -6.86. The Kier molecular flexibility index (Phi) is 8.90. The van der Waals surface area contributed by atoms with Crippen molar-refractivity contribution in [1.29, 1.82) is 0 Å². The first-order valence-corrected chi connectivity index (χ1v) is 11.7. The molecule has 2 aromatic carbocycles. The Hall–Kier alpha value is -1.45. The Labute approximate surface area is 167 Å². The molecule has 0 saturated carbocycles. The van der Waals surface area contributed by atoms with Crippen molar-refractivity contribution in [3.8, 4) is 0 Å². The number of rotatable bonds is 9. The molecular formula is C18H25ClN2O4S2. The van der Waals surface area contributed by atoms with Crippen molar-refractivity contribution in [2.45, 2.75) is 17.1 Å². The van der Waals surface area contributed by atoms with Crippen molar-refractivity contribution >= 4 is 32.3 Å². The second-order valence-electron chi connectivity index (χ2n) is 6.14. The quantitative estimate of drug-likeness (QED) is 0.652. The molecule has 0 radical (unpaired) electrons. The number of nitrogens with two attached hydrogens (primary N) is 1. The first-order chi connectivity index (χ1) is 12.2. The van der Waals surface area contributed by atoms with Crippen LogP contribution in [0, 0.1) is 0 Å². The van der Waals surface area contributed by atoms with Crippen LogP contribution in [0.2, 0.25) is 0 Å². The van der Waals surface area contributed by atoms with Crippen LogP contribution in [-0.4, -0.2) is 47.0 Å². The van der Waals surface area contributed by atoms with E-state index in [0.29, 0.717) is 18.5 Å². The molecule has 0 amide bonds. The molecule has 0 aliphatic carbocycles. The van der Waals surface area contributed by atoms with E-state index in [1.54, 1.807) is 0 Å². The molecule has 0 aromatic heterocycles. The lowest BCUT2D eigenvalue weighted by Gasteiger charge is -2.21. The summed E-state index contributed by atoms with van der Waals surface area (Å²) in [5, 5.41) is 0. The highest BCUT2D eigenvalue weighted by atomic mass is 35.5. The maximum atomic E-state index is 12.9. The van der Waals surface area contributed by atoms with Crippen LogP contribution in [0.15, 0.2) is 59.5 Å². The first-order valence-electron chi connectivity index (χ1n) is 8.23. The zero-order chi connectivity index (χ0) is 19.2. The van der Waals surface area contributed by atoms with Crippen molar-refractivity contribution in [1.82, 2.24) is 4.31 Å². The van der Waals surface area contributed by atoms with Crippen LogP contribution in [0.3, 0.4) is 0 Å². The van der Waals surface area contributed by atoms with E-state index in [0.717, 1.165) is 11.8 Å². The molecule has 0 aliphatic heterocycles. The van der Waals surface area contributed by atoms with Gasteiger partial charge in [-0.3, -0.25) is 0 Å². The Morgan fingerprint density at radius 1 is 0.852 bits per heavy atom. The van der Waals surface area contributed by atoms with Gasteiger partial charge in [0.1, 0.15) is 0 Å². The van der Waals surface area contributed by atoms with Gasteiger partial charge < -0.3 is 5.73 Å². The molecule has 150 valence electrons. The molecule has 0 heterocycles. The van der Waals surface area contributed by atoms with Crippen molar-refractivity contribution in [3.05, 3.63) is 65.7 Å². The van der Waals surface area contributed by atoms with Gasteiger partial charge in [-0.25, -0.2) is 16.8 Å². The van der Waals surface area contributed by atoms with E-state index in [1.165, 1.54) is 28.6 Å². The molecule has 9 heteroatoms. The van der Waals surface area contributed by atoms with Crippen molar-refractivity contribution in [2.75, 3.05) is 25.9 Å². The van der Waals surface area contributed by atoms with Gasteiger partial charge in [0, 0.05) is 25.9 Å². The Bertz CT molecular complexity index is 916. The Balaban J connectivity index is 0.00000364. The third-order valence-corrected chi connectivity index (χ3v) is 6.63. The van der Waals surface area contributed by atoms with Crippen LogP contribution < -0.4 is 5.73 Å². The van der Waals surface area contributed by atoms with Crippen LogP contribution in [0.5, 0.6) is 0 Å². The largest absolute Gasteiger partial charge is 0.329 e. The topological polar surface area (TPSA) is 97.5 Å². The summed E-state index contributed by atoms with van der Waals surface area (Å²) in [5.41, 5.74) is 7.20. The average molecular weight is 433 g/mol. The summed E-state index contributed by atoms with van der Waals surface area (Å²) in [6.45, 7) is 0.773. The number of hydrogen-bond acceptors (Lipinski definition) is 5. The van der Waals surface area contributed by atoms with Crippen LogP contribution in [0.1, 0.15) is 11.1 Å². The molecule has 0 aliphatic rings. The fourth-order valence-electron chi connectivity index (χ4n) is 2.60. The standard InChI is InChI=1S/C18H24N2O4S2.ClH/c1-25(21,22)15-17-7-9-18(10-8-17)26(23,24)20(14-12-19)13-11-16-5-3-2-4-6-16;/h2-10H,11-15,19H2,1H3;1H. The molecule has 0 fully saturated rings. The average Bonchev–Trinajstić information content (AvgIpc) is 2.58. The SMILES string of the molecule is CS(=O)(=O)Cc1ccc(S(=O)(=O)N(CCN)CCc2ccccc2)cc1.Cl. The number of sulfone groups is 1. The zero-order valence-electron chi connectivity index (χ0n) is 15.1. The molecule has 2 rings (SSSR count). The molecule has 0 bridgehead atoms. The fourth-order valence-corrected chi connectivity index (χ4v) is 4.86. The minimum Gasteiger partial charge on any atom is -0.329 e. The lowest BCUT2D eigenvalue weighted by molar-refractivity contribution is 0.421. The Morgan fingerprint density at radius 2 is 1.44 bits per heavy atom. The van der Waals surface area contributed by atoms with Gasteiger partial charge in [-0.2, -0.15) is 4.31 Å². The smallest absolute Gasteiger partial charge is 0.243 e. The third kappa shape index (κ3) is 7.23. The van der Waals surface area contributed by atoms with Gasteiger partial charge in [-0.15, -0.1) is 12.4 Å². The van der Waals surface area contributed by atoms with Gasteiger partial charge in [-0.05, 0) is 29.7 Å². The van der Waals surface area contributed by atoms with Crippen LogP contribution >= 0.6 is 12.4 Å². The van der Waals surface area contributed by atoms with Gasteiger partial charge in [0.2, 0.25) is 10.0 Å². The lowest BCUT2D eigenvalue weighted by Crippen LogP contribution is -2.36. The van der Waals surface area contributed by atoms with Crippen molar-refractivity contribution in [2.24, 2.45) is 5.73 Å². The van der Waals surface area contributed by atoms with Crippen LogP contribution in [-0.2, 0) is 32.0 Å². The van der Waals surface area contributed by atoms with E-state index >= 15 is 0 Å². The molecular weight excluding hydrogens is 408 g/mol. The monoisotopic (exact) mass is 432 g/mol. The lowest BCUT2D eigenvalue weighted by atomic mass is 10.1. The number of hydrogen-bond donors (Lipinski definition) is 1. The fraction of sp³-hybridized carbons (Fsp3) is 0.333. The molecule has 6 nitrogen and oxygen atoms in total. The van der Waals surface area contributed by atoms with Gasteiger partial charge in [0.05, 0.1) is 10.6 Å². The highest BCUT2D eigenvalue weighted by Crippen LogP contribution is 2.18. The summed E-state index contributed by atoms with van der Waals surface area (Å²) < 4.78 is 49.9.